The quantitative estimate of drug-likeness (QED) is 0.843. The van der Waals surface area contributed by atoms with Crippen LogP contribution in [0.5, 0.6) is 0 Å². The standard InChI is InChI=1S/C14H13FN2OS/c15-11-4-1-3-10(9-11)6-8-16-13(18)12-5-2-7-17-14(12)19/h1-5,7,9H,6,8H2,(H,16,18)(H,17,19). The van der Waals surface area contributed by atoms with Crippen LogP contribution in [-0.4, -0.2) is 17.4 Å². The van der Waals surface area contributed by atoms with Gasteiger partial charge < -0.3 is 10.3 Å². The number of hydrogen-bond donors (Lipinski definition) is 2. The molecule has 1 aromatic carbocycles. The van der Waals surface area contributed by atoms with Crippen LogP contribution in [0.3, 0.4) is 0 Å². The van der Waals surface area contributed by atoms with E-state index in [1.54, 1.807) is 24.4 Å². The minimum Gasteiger partial charge on any atom is -0.352 e. The number of carbonyl (C=O) groups is 1. The highest BCUT2D eigenvalue weighted by Gasteiger charge is 2.06. The van der Waals surface area contributed by atoms with Gasteiger partial charge in [0.2, 0.25) is 0 Å². The van der Waals surface area contributed by atoms with E-state index in [9.17, 15) is 9.18 Å². The van der Waals surface area contributed by atoms with Crippen LogP contribution in [0.15, 0.2) is 42.6 Å². The lowest BCUT2D eigenvalue weighted by Crippen LogP contribution is -2.26. The highest BCUT2D eigenvalue weighted by atomic mass is 32.1. The smallest absolute Gasteiger partial charge is 0.254 e. The Morgan fingerprint density at radius 1 is 1.32 bits per heavy atom. The molecule has 3 nitrogen and oxygen atoms in total. The molecule has 2 aromatic rings. The van der Waals surface area contributed by atoms with Crippen LogP contribution in [0, 0.1) is 10.5 Å². The van der Waals surface area contributed by atoms with Crippen molar-refractivity contribution in [3.8, 4) is 0 Å². The predicted octanol–water partition coefficient (Wildman–Crippen LogP) is 2.86. The molecule has 1 amide bonds. The van der Waals surface area contributed by atoms with E-state index in [1.165, 1.54) is 12.1 Å². The molecule has 1 heterocycles. The lowest BCUT2D eigenvalue weighted by atomic mass is 10.1. The van der Waals surface area contributed by atoms with Gasteiger partial charge in [-0.25, -0.2) is 4.39 Å². The molecule has 0 saturated carbocycles. The summed E-state index contributed by atoms with van der Waals surface area (Å²) >= 11 is 5.02. The van der Waals surface area contributed by atoms with Crippen LogP contribution in [0.25, 0.3) is 0 Å². The zero-order valence-electron chi connectivity index (χ0n) is 10.2. The summed E-state index contributed by atoms with van der Waals surface area (Å²) in [5.41, 5.74) is 1.29. The van der Waals surface area contributed by atoms with Gasteiger partial charge in [-0.2, -0.15) is 0 Å². The first kappa shape index (κ1) is 13.4. The van der Waals surface area contributed by atoms with Crippen LogP contribution >= 0.6 is 12.2 Å². The number of H-pyrrole nitrogens is 1. The van der Waals surface area contributed by atoms with Crippen molar-refractivity contribution in [3.63, 3.8) is 0 Å². The normalized spacial score (nSPS) is 10.2. The number of pyridine rings is 1. The molecule has 0 fully saturated rings. The lowest BCUT2D eigenvalue weighted by molar-refractivity contribution is 0.0953. The minimum absolute atomic E-state index is 0.224. The molecule has 0 radical (unpaired) electrons. The number of hydrogen-bond acceptors (Lipinski definition) is 2. The molecule has 0 bridgehead atoms. The molecule has 0 aliphatic rings. The van der Waals surface area contributed by atoms with Gasteiger partial charge in [-0.1, -0.05) is 24.4 Å². The zero-order valence-corrected chi connectivity index (χ0v) is 11.0. The van der Waals surface area contributed by atoms with E-state index < -0.39 is 0 Å². The first-order chi connectivity index (χ1) is 9.16. The summed E-state index contributed by atoms with van der Waals surface area (Å²) in [6.07, 6.45) is 2.25. The Bertz CT molecular complexity index is 639. The van der Waals surface area contributed by atoms with E-state index in [0.717, 1.165) is 5.56 Å². The van der Waals surface area contributed by atoms with Gasteiger partial charge in [0, 0.05) is 12.7 Å². The second-order valence-electron chi connectivity index (χ2n) is 4.05. The van der Waals surface area contributed by atoms with Gasteiger partial charge in [0.1, 0.15) is 10.5 Å². The van der Waals surface area contributed by atoms with Gasteiger partial charge in [-0.3, -0.25) is 4.79 Å². The summed E-state index contributed by atoms with van der Waals surface area (Å²) in [7, 11) is 0. The fourth-order valence-electron chi connectivity index (χ4n) is 1.71. The zero-order chi connectivity index (χ0) is 13.7. The summed E-state index contributed by atoms with van der Waals surface area (Å²) in [5.74, 6) is -0.493. The second-order valence-corrected chi connectivity index (χ2v) is 4.46. The molecule has 19 heavy (non-hydrogen) atoms. The Labute approximate surface area is 115 Å². The average molecular weight is 276 g/mol. The number of nitrogens with one attached hydrogen (secondary N) is 2. The molecule has 0 aliphatic carbocycles. The van der Waals surface area contributed by atoms with E-state index in [1.807, 2.05) is 6.07 Å². The minimum atomic E-state index is -0.269. The fourth-order valence-corrected chi connectivity index (χ4v) is 1.94. The number of aromatic nitrogens is 1. The summed E-state index contributed by atoms with van der Waals surface area (Å²) in [6.45, 7) is 0.436. The molecule has 98 valence electrons. The number of amides is 1. The molecule has 0 unspecified atom stereocenters. The molecule has 0 atom stereocenters. The molecule has 1 aromatic heterocycles. The molecule has 2 N–H and O–H groups in total. The van der Waals surface area contributed by atoms with E-state index in [-0.39, 0.29) is 11.7 Å². The summed E-state index contributed by atoms with van der Waals surface area (Å²) in [4.78, 5) is 14.7. The number of halogens is 1. The van der Waals surface area contributed by atoms with E-state index in [0.29, 0.717) is 23.2 Å². The summed E-state index contributed by atoms with van der Waals surface area (Å²) in [6, 6.07) is 9.71. The Kier molecular flexibility index (Phi) is 4.41. The van der Waals surface area contributed by atoms with Crippen molar-refractivity contribution in [1.29, 1.82) is 0 Å². The van der Waals surface area contributed by atoms with E-state index in [2.05, 4.69) is 10.3 Å². The van der Waals surface area contributed by atoms with Gasteiger partial charge in [0.25, 0.3) is 5.91 Å². The van der Waals surface area contributed by atoms with Crippen molar-refractivity contribution in [1.82, 2.24) is 10.3 Å². The van der Waals surface area contributed by atoms with Crippen LogP contribution in [0.1, 0.15) is 15.9 Å². The SMILES string of the molecule is O=C(NCCc1cccc(F)c1)c1ccc[nH]c1=S. The Balaban J connectivity index is 1.91. The van der Waals surface area contributed by atoms with Crippen molar-refractivity contribution >= 4 is 18.1 Å². The first-order valence-electron chi connectivity index (χ1n) is 5.87. The van der Waals surface area contributed by atoms with Crippen molar-refractivity contribution < 1.29 is 9.18 Å². The lowest BCUT2D eigenvalue weighted by Gasteiger charge is -2.05. The van der Waals surface area contributed by atoms with Gasteiger partial charge in [-0.05, 0) is 36.2 Å². The largest absolute Gasteiger partial charge is 0.352 e. The van der Waals surface area contributed by atoms with Crippen molar-refractivity contribution in [2.45, 2.75) is 6.42 Å². The first-order valence-corrected chi connectivity index (χ1v) is 6.28. The second kappa shape index (κ2) is 6.24. The van der Waals surface area contributed by atoms with E-state index >= 15 is 0 Å². The fraction of sp³-hybridized carbons (Fsp3) is 0.143. The topological polar surface area (TPSA) is 44.9 Å². The van der Waals surface area contributed by atoms with Gasteiger partial charge in [-0.15, -0.1) is 0 Å². The molecule has 0 saturated heterocycles. The average Bonchev–Trinajstić information content (AvgIpc) is 2.39. The van der Waals surface area contributed by atoms with Crippen LogP contribution < -0.4 is 5.32 Å². The van der Waals surface area contributed by atoms with Gasteiger partial charge >= 0.3 is 0 Å². The predicted molar refractivity (Wildman–Crippen MR) is 74.1 cm³/mol. The van der Waals surface area contributed by atoms with E-state index in [4.69, 9.17) is 12.2 Å². The molecular formula is C14H13FN2OS. The molecule has 0 spiro atoms. The van der Waals surface area contributed by atoms with Crippen molar-refractivity contribution in [2.75, 3.05) is 6.54 Å². The summed E-state index contributed by atoms with van der Waals surface area (Å²) < 4.78 is 13.4. The van der Waals surface area contributed by atoms with Gasteiger partial charge in [0.15, 0.2) is 0 Å². The number of aromatic amines is 1. The van der Waals surface area contributed by atoms with Crippen molar-refractivity contribution in [2.24, 2.45) is 0 Å². The Hall–Kier alpha value is -2.01. The monoisotopic (exact) mass is 276 g/mol. The maximum Gasteiger partial charge on any atom is 0.254 e. The molecule has 5 heteroatoms. The summed E-state index contributed by atoms with van der Waals surface area (Å²) in [5, 5.41) is 2.76. The molecule has 0 aliphatic heterocycles. The highest BCUT2D eigenvalue weighted by molar-refractivity contribution is 7.71. The van der Waals surface area contributed by atoms with Crippen LogP contribution in [0.4, 0.5) is 4.39 Å². The Morgan fingerprint density at radius 3 is 2.89 bits per heavy atom. The Morgan fingerprint density at radius 2 is 2.16 bits per heavy atom. The third kappa shape index (κ3) is 3.72. The third-order valence-electron chi connectivity index (χ3n) is 2.65. The molecule has 2 rings (SSSR count). The van der Waals surface area contributed by atoms with Crippen molar-refractivity contribution in [3.05, 3.63) is 64.2 Å². The number of rotatable bonds is 4. The number of carbonyl (C=O) groups excluding carboxylic acids is 1. The maximum absolute atomic E-state index is 13.0. The highest BCUT2D eigenvalue weighted by Crippen LogP contribution is 2.04. The van der Waals surface area contributed by atoms with Crippen LogP contribution in [-0.2, 0) is 6.42 Å². The third-order valence-corrected chi connectivity index (χ3v) is 2.99. The maximum atomic E-state index is 13.0. The molecular weight excluding hydrogens is 263 g/mol. The van der Waals surface area contributed by atoms with Gasteiger partial charge in [0.05, 0.1) is 5.56 Å². The van der Waals surface area contributed by atoms with Crippen LogP contribution in [0.2, 0.25) is 0 Å². The number of benzene rings is 1.